The molecule has 5 aromatic heterocycles. The second-order valence-electron chi connectivity index (χ2n) is 32.8. The van der Waals surface area contributed by atoms with Gasteiger partial charge in [0, 0.05) is 140 Å². The average Bonchev–Trinajstić information content (AvgIpc) is 1.65. The van der Waals surface area contributed by atoms with E-state index in [1.54, 1.807) is 11.8 Å². The van der Waals surface area contributed by atoms with E-state index in [-0.39, 0.29) is 88.6 Å². The van der Waals surface area contributed by atoms with Crippen LogP contribution in [0.2, 0.25) is 0 Å². The summed E-state index contributed by atoms with van der Waals surface area (Å²) in [5, 5.41) is 30.8. The number of amides is 6. The standard InChI is InChI=1S/C72H100N15O42P5S2/c1-33-20-83(68(100)77-61(33)93)55-14-40(45(26-89)120-55)125-131(107,108)116-28-47-42(16-57(122-47)85-22-35(3)63(95)79-70(85)102)127-133(111,112)118-30-49-44(18-59(124-49)87-24-37(5)65(97)81-72(87)104)129-134(113,114)119-31-48-43(17-58(123-48)86-23-36(4)64(96)80-71(86)103)128-132(109,110)117-29-46-41(15-56(121-46)84-21-34(2)62(94)78-69(84)101)126-130(105,106)115-27-38(25-88)74-53(91)10-12-82-54(92)19-51(66(82)98)135-13-11-73-52(90)9-7-6-8-50-60-39(32-136-50)75-67(99)76-60/h20-24,38-51,55-60,88-89H,6-19,25-32H2,1-5H3,(H,73,90)(H,74,91)(H,105,106)(H,107,108)(H,109,110)(H,111,112)(H,113,114)(H2,75,76,99)(H,77,93,100)(H,78,94,101)(H,79,95,102)(H,80,96,103)(H,81,97,104)/t38?,39-,40-,41-,42-,43-,44-,45+,46+,47+,48+,49+,50-,51?,55+,56+,57+,58+,59+,60-/m0/s1. The van der Waals surface area contributed by atoms with Gasteiger partial charge >= 0.3 is 73.6 Å². The van der Waals surface area contributed by atoms with Crippen LogP contribution in [0.5, 0.6) is 0 Å². The van der Waals surface area contributed by atoms with Crippen LogP contribution in [0.3, 0.4) is 0 Å². The van der Waals surface area contributed by atoms with E-state index in [4.69, 9.17) is 68.9 Å². The molecule has 6 amide bonds. The highest BCUT2D eigenvalue weighted by atomic mass is 32.2. The zero-order valence-corrected chi connectivity index (χ0v) is 78.8. The maximum Gasteiger partial charge on any atom is 0.472 e. The Balaban J connectivity index is 0.638. The van der Waals surface area contributed by atoms with Crippen molar-refractivity contribution in [3.05, 3.63) is 163 Å². The summed E-state index contributed by atoms with van der Waals surface area (Å²) in [5.41, 5.74) is -9.63. The van der Waals surface area contributed by atoms with Crippen LogP contribution in [0.25, 0.3) is 0 Å². The molecular formula is C72H100N15O42P5S2. The molecule has 0 saturated carbocycles. The lowest BCUT2D eigenvalue weighted by atomic mass is 10.0. The first-order valence-corrected chi connectivity index (χ1v) is 51.8. The van der Waals surface area contributed by atoms with E-state index >= 15 is 0 Å². The van der Waals surface area contributed by atoms with Gasteiger partial charge in [-0.15, -0.1) is 11.8 Å². The van der Waals surface area contributed by atoms with Crippen molar-refractivity contribution in [2.75, 3.05) is 70.8 Å². The normalized spacial score (nSPS) is 29.1. The molecule has 7 unspecified atom stereocenters. The van der Waals surface area contributed by atoms with Gasteiger partial charge < -0.3 is 79.6 Å². The minimum absolute atomic E-state index is 0.0438. The molecule has 0 radical (unpaired) electrons. The number of hydrogen-bond acceptors (Lipinski definition) is 39. The molecule has 64 heteroatoms. The second-order valence-corrected chi connectivity index (χ2v) is 42.4. The summed E-state index contributed by atoms with van der Waals surface area (Å²) >= 11 is 2.91. The number of aromatic amines is 5. The number of aliphatic hydroxyl groups excluding tert-OH is 2. The number of fused-ring (bicyclic) bond motifs is 1. The summed E-state index contributed by atoms with van der Waals surface area (Å²) < 4.78 is 159. The Morgan fingerprint density at radius 3 is 1.18 bits per heavy atom. The number of carbonyl (C=O) groups excluding carboxylic acids is 5. The third-order valence-electron chi connectivity index (χ3n) is 22.9. The number of urea groups is 1. The van der Waals surface area contributed by atoms with Gasteiger partial charge in [-0.2, -0.15) is 11.8 Å². The van der Waals surface area contributed by atoms with Crippen molar-refractivity contribution >= 4 is 92.3 Å². The predicted molar refractivity (Wildman–Crippen MR) is 461 cm³/mol. The molecule has 0 aromatic carbocycles. The number of nitrogens with zero attached hydrogens (tertiary/aromatic N) is 6. The van der Waals surface area contributed by atoms with Crippen LogP contribution in [-0.2, 0) is 111 Å². The first kappa shape index (κ1) is 105. The number of unbranched alkanes of at least 4 members (excludes halogenated alkanes) is 1. The second kappa shape index (κ2) is 44.3. The van der Waals surface area contributed by atoms with Gasteiger partial charge in [0.15, 0.2) is 0 Å². The number of aromatic nitrogens is 10. The number of rotatable bonds is 45. The van der Waals surface area contributed by atoms with Gasteiger partial charge in [0.2, 0.25) is 23.6 Å². The highest BCUT2D eigenvalue weighted by Crippen LogP contribution is 2.56. The van der Waals surface area contributed by atoms with Gasteiger partial charge in [-0.25, -0.2) is 51.6 Å². The number of hydrogen-bond donors (Lipinski definition) is 16. The Morgan fingerprint density at radius 1 is 0.478 bits per heavy atom. The molecule has 8 aliphatic heterocycles. The van der Waals surface area contributed by atoms with Crippen molar-refractivity contribution < 1.29 is 150 Å². The fourth-order valence-electron chi connectivity index (χ4n) is 16.0. The Kier molecular flexibility index (Phi) is 34.2. The number of likely N-dealkylation sites (tertiary alicyclic amines) is 1. The molecule has 13 heterocycles. The monoisotopic (exact) mass is 2070 g/mol. The molecule has 8 aliphatic rings. The van der Waals surface area contributed by atoms with Gasteiger partial charge in [0.25, 0.3) is 27.8 Å². The average molecular weight is 2070 g/mol. The highest BCUT2D eigenvalue weighted by Gasteiger charge is 2.52. The number of thioether (sulfide) groups is 2. The molecule has 57 nitrogen and oxygen atoms in total. The van der Waals surface area contributed by atoms with E-state index in [0.29, 0.717) is 6.42 Å². The number of ether oxygens (including phenoxy) is 5. The van der Waals surface area contributed by atoms with Crippen LogP contribution in [0, 0.1) is 34.6 Å². The number of aryl methyl sites for hydroxylation is 5. The van der Waals surface area contributed by atoms with E-state index < -0.39 is 301 Å². The fraction of sp³-hybridized carbons (Fsp3) is 0.653. The molecule has 8 fully saturated rings. The van der Waals surface area contributed by atoms with Crippen molar-refractivity contribution in [2.24, 2.45) is 0 Å². The summed E-state index contributed by atoms with van der Waals surface area (Å²) in [6.07, 6.45) is -21.2. The number of phosphoric acid groups is 5. The summed E-state index contributed by atoms with van der Waals surface area (Å²) in [6, 6.07) is -1.51. The zero-order valence-electron chi connectivity index (χ0n) is 72.6. The molecule has 136 heavy (non-hydrogen) atoms. The van der Waals surface area contributed by atoms with Crippen LogP contribution in [-0.4, -0.2) is 278 Å². The molecule has 8 saturated heterocycles. The minimum atomic E-state index is -5.74. The first-order valence-electron chi connectivity index (χ1n) is 42.2. The van der Waals surface area contributed by atoms with E-state index in [0.717, 1.165) is 89.1 Å². The van der Waals surface area contributed by atoms with Crippen molar-refractivity contribution in [3.63, 3.8) is 0 Å². The quantitative estimate of drug-likeness (QED) is 0.00789. The topological polar surface area (TPSA) is 776 Å². The molecule has 13 rings (SSSR count). The van der Waals surface area contributed by atoms with Crippen LogP contribution < -0.4 is 77.5 Å². The molecule has 25 atom stereocenters. The Bertz CT molecular complexity index is 6200. The maximum atomic E-state index is 14.4. The fourth-order valence-corrected chi connectivity index (χ4v) is 23.4. The number of aliphatic hydroxyl groups is 2. The van der Waals surface area contributed by atoms with Gasteiger partial charge in [-0.3, -0.25) is 141 Å². The molecule has 16 N–H and O–H groups in total. The van der Waals surface area contributed by atoms with Gasteiger partial charge in [-0.05, 0) is 47.5 Å². The summed E-state index contributed by atoms with van der Waals surface area (Å²) in [6.45, 7) is -1.14. The van der Waals surface area contributed by atoms with Crippen LogP contribution in [0.1, 0.15) is 130 Å². The molecule has 0 bridgehead atoms. The molecule has 0 aliphatic carbocycles. The number of nitrogens with one attached hydrogen (secondary N) is 9. The van der Waals surface area contributed by atoms with E-state index in [1.165, 1.54) is 34.6 Å². The lowest BCUT2D eigenvalue weighted by molar-refractivity contribution is -0.138. The Morgan fingerprint density at radius 2 is 0.824 bits per heavy atom. The largest absolute Gasteiger partial charge is 0.472 e. The SMILES string of the molecule is Cc1cn([C@H]2C[C@H](OP(=O)(O)OC[C@H]3O[C@@H](n4cc(C)c(=O)[nH]c4=O)C[C@@H]3OP(=O)(O)OC[C@H]3O[C@@H](n4cc(C)c(=O)[nH]c4=O)C[C@@H]3OP(=O)(O)OC[C@H]3O[C@@H](n4cc(C)c(=O)[nH]c4=O)C[C@@H]3OP(=O)(O)OC[C@H]3O[C@@H](n4cc(C)c(=O)[nH]c4=O)C[C@@H]3OP(=O)(O)OCC(CO)NC(=O)CCN3C(=O)CC(SCCNC(=O)CCCC[C@@H]4SC[C@@H]5NC(=O)N[C@@H]54)C3=O)[C@@H](CO)O2)c(=O)[nH]c1=O. The summed E-state index contributed by atoms with van der Waals surface area (Å²) in [4.78, 5) is 260. The zero-order chi connectivity index (χ0) is 98.5. The van der Waals surface area contributed by atoms with Crippen molar-refractivity contribution in [1.82, 2.24) is 73.9 Å². The number of phosphoric ester groups is 5. The van der Waals surface area contributed by atoms with E-state index in [1.807, 2.05) is 9.97 Å². The smallest absolute Gasteiger partial charge is 0.394 e. The molecular weight excluding hydrogens is 1970 g/mol. The Labute approximate surface area is 772 Å². The maximum absolute atomic E-state index is 14.4. The van der Waals surface area contributed by atoms with E-state index in [9.17, 15) is 129 Å². The van der Waals surface area contributed by atoms with Gasteiger partial charge in [0.05, 0.1) is 69.6 Å². The molecule has 5 aromatic rings. The van der Waals surface area contributed by atoms with Gasteiger partial charge in [0.1, 0.15) is 92.2 Å². The third kappa shape index (κ3) is 26.7. The van der Waals surface area contributed by atoms with Crippen molar-refractivity contribution in [2.45, 2.75) is 226 Å². The van der Waals surface area contributed by atoms with Gasteiger partial charge in [-0.1, -0.05) is 6.42 Å². The minimum Gasteiger partial charge on any atom is -0.394 e. The van der Waals surface area contributed by atoms with Crippen molar-refractivity contribution in [1.29, 1.82) is 0 Å². The summed E-state index contributed by atoms with van der Waals surface area (Å²) in [7, 11) is -28.0. The molecule has 0 spiro atoms. The van der Waals surface area contributed by atoms with Crippen LogP contribution in [0.15, 0.2) is 78.9 Å². The Hall–Kier alpha value is -8.28. The lowest BCUT2D eigenvalue weighted by Crippen LogP contribution is -2.42. The van der Waals surface area contributed by atoms with E-state index in [2.05, 4.69) is 36.2 Å². The van der Waals surface area contributed by atoms with Crippen LogP contribution in [0.4, 0.5) is 4.79 Å². The van der Waals surface area contributed by atoms with Crippen molar-refractivity contribution in [3.8, 4) is 0 Å². The first-order chi connectivity index (χ1) is 64.1. The highest BCUT2D eigenvalue weighted by molar-refractivity contribution is 8.00. The number of H-pyrrole nitrogens is 5. The van der Waals surface area contributed by atoms with Crippen LogP contribution >= 0.6 is 62.6 Å². The lowest BCUT2D eigenvalue weighted by Gasteiger charge is -2.26. The number of carbonyl (C=O) groups is 5. The molecule has 752 valence electrons. The summed E-state index contributed by atoms with van der Waals surface area (Å²) in [5.74, 6) is -1.14. The predicted octanol–water partition coefficient (Wildman–Crippen LogP) is -3.21. The number of imide groups is 1. The third-order valence-corrected chi connectivity index (χ3v) is 30.7.